The van der Waals surface area contributed by atoms with Crippen molar-refractivity contribution in [1.82, 2.24) is 10.6 Å². The number of ether oxygens (including phenoxy) is 2. The molecule has 1 aromatic rings. The second-order valence-electron chi connectivity index (χ2n) is 4.80. The highest BCUT2D eigenvalue weighted by molar-refractivity contribution is 5.73. The van der Waals surface area contributed by atoms with Crippen molar-refractivity contribution in [2.24, 2.45) is 0 Å². The molecule has 0 saturated heterocycles. The third kappa shape index (κ3) is 9.62. The minimum Gasteiger partial charge on any atom is -0.497 e. The minimum absolute atomic E-state index is 0.0282. The Kier molecular flexibility index (Phi) is 8.25. The van der Waals surface area contributed by atoms with Crippen LogP contribution in [0.3, 0.4) is 0 Å². The molecule has 0 radical (unpaired) electrons. The van der Waals surface area contributed by atoms with Crippen molar-refractivity contribution in [3.63, 3.8) is 0 Å². The molecule has 0 heterocycles. The summed E-state index contributed by atoms with van der Waals surface area (Å²) in [4.78, 5) is 11.4. The molecule has 5 nitrogen and oxygen atoms in total. The second kappa shape index (κ2) is 9.94. The molecule has 0 spiro atoms. The molecule has 130 valence electrons. The summed E-state index contributed by atoms with van der Waals surface area (Å²) < 4.78 is 44.8. The number of halogens is 3. The molecule has 0 aromatic heterocycles. The first-order chi connectivity index (χ1) is 10.9. The predicted molar refractivity (Wildman–Crippen MR) is 79.6 cm³/mol. The molecule has 0 fully saturated rings. The van der Waals surface area contributed by atoms with E-state index in [1.54, 1.807) is 7.11 Å². The first kappa shape index (κ1) is 19.1. The zero-order valence-electron chi connectivity index (χ0n) is 12.9. The summed E-state index contributed by atoms with van der Waals surface area (Å²) in [5.74, 6) is 0.791. The summed E-state index contributed by atoms with van der Waals surface area (Å²) in [6, 6.07) is 7.23. The summed E-state index contributed by atoms with van der Waals surface area (Å²) in [5.41, 5.74) is 1.13. The summed E-state index contributed by atoms with van der Waals surface area (Å²) >= 11 is 0. The van der Waals surface area contributed by atoms with Crippen LogP contribution >= 0.6 is 0 Å². The van der Waals surface area contributed by atoms with Gasteiger partial charge in [0.05, 0.1) is 13.7 Å². The molecule has 2 amide bonds. The normalized spacial score (nSPS) is 11.1. The van der Waals surface area contributed by atoms with E-state index in [9.17, 15) is 18.0 Å². The number of aryl methyl sites for hydroxylation is 1. The van der Waals surface area contributed by atoms with Crippen LogP contribution in [-0.2, 0) is 11.2 Å². The highest BCUT2D eigenvalue weighted by atomic mass is 19.4. The largest absolute Gasteiger partial charge is 0.497 e. The minimum atomic E-state index is -4.34. The topological polar surface area (TPSA) is 59.6 Å². The molecule has 0 atom stereocenters. The van der Waals surface area contributed by atoms with E-state index < -0.39 is 18.8 Å². The first-order valence-corrected chi connectivity index (χ1v) is 7.20. The number of carbonyl (C=O) groups excluding carboxylic acids is 1. The molecule has 2 N–H and O–H groups in total. The molecule has 0 aliphatic rings. The van der Waals surface area contributed by atoms with Gasteiger partial charge in [0.1, 0.15) is 12.4 Å². The number of methoxy groups -OCH3 is 1. The number of amides is 2. The van der Waals surface area contributed by atoms with E-state index in [2.05, 4.69) is 15.4 Å². The van der Waals surface area contributed by atoms with E-state index in [0.29, 0.717) is 6.54 Å². The van der Waals surface area contributed by atoms with Gasteiger partial charge in [0.25, 0.3) is 0 Å². The number of hydrogen-bond donors (Lipinski definition) is 2. The van der Waals surface area contributed by atoms with Gasteiger partial charge in [0.2, 0.25) is 0 Å². The summed E-state index contributed by atoms with van der Waals surface area (Å²) in [7, 11) is 1.60. The van der Waals surface area contributed by atoms with Gasteiger partial charge in [0, 0.05) is 13.1 Å². The number of urea groups is 1. The van der Waals surface area contributed by atoms with E-state index in [4.69, 9.17) is 4.74 Å². The maximum Gasteiger partial charge on any atom is 0.411 e. The quantitative estimate of drug-likeness (QED) is 0.682. The maximum atomic E-state index is 11.8. The number of rotatable bonds is 9. The molecule has 1 aromatic carbocycles. The van der Waals surface area contributed by atoms with Crippen LogP contribution < -0.4 is 15.4 Å². The van der Waals surface area contributed by atoms with Gasteiger partial charge in [-0.2, -0.15) is 13.2 Å². The van der Waals surface area contributed by atoms with Crippen molar-refractivity contribution in [2.75, 3.05) is 33.4 Å². The van der Waals surface area contributed by atoms with Crippen LogP contribution in [0.25, 0.3) is 0 Å². The van der Waals surface area contributed by atoms with E-state index >= 15 is 0 Å². The summed E-state index contributed by atoms with van der Waals surface area (Å²) in [5, 5.41) is 5.05. The molecule has 1 rings (SSSR count). The zero-order valence-corrected chi connectivity index (χ0v) is 12.9. The Balaban J connectivity index is 2.03. The Bertz CT molecular complexity index is 464. The molecular formula is C15H21F3N2O3. The van der Waals surface area contributed by atoms with Gasteiger partial charge in [-0.15, -0.1) is 0 Å². The lowest BCUT2D eigenvalue weighted by Gasteiger charge is -2.09. The summed E-state index contributed by atoms with van der Waals surface area (Å²) in [6.45, 7) is -0.987. The number of nitrogens with one attached hydrogen (secondary N) is 2. The Hall–Kier alpha value is -1.96. The molecular weight excluding hydrogens is 313 g/mol. The van der Waals surface area contributed by atoms with Gasteiger partial charge < -0.3 is 20.1 Å². The van der Waals surface area contributed by atoms with E-state index in [1.165, 1.54) is 0 Å². The van der Waals surface area contributed by atoms with E-state index in [0.717, 1.165) is 24.2 Å². The van der Waals surface area contributed by atoms with Gasteiger partial charge >= 0.3 is 12.2 Å². The van der Waals surface area contributed by atoms with Crippen molar-refractivity contribution >= 4 is 6.03 Å². The SMILES string of the molecule is COc1ccc(CCCNC(=O)NCCOCC(F)(F)F)cc1. The second-order valence-corrected chi connectivity index (χ2v) is 4.80. The van der Waals surface area contributed by atoms with E-state index in [-0.39, 0.29) is 13.2 Å². The van der Waals surface area contributed by atoms with Crippen molar-refractivity contribution in [1.29, 1.82) is 0 Å². The third-order valence-corrected chi connectivity index (χ3v) is 2.88. The smallest absolute Gasteiger partial charge is 0.411 e. The molecule has 0 bridgehead atoms. The van der Waals surface area contributed by atoms with Crippen LogP contribution in [-0.4, -0.2) is 45.6 Å². The molecule has 8 heteroatoms. The lowest BCUT2D eigenvalue weighted by Crippen LogP contribution is -2.38. The Morgan fingerprint density at radius 1 is 1.13 bits per heavy atom. The van der Waals surface area contributed by atoms with Crippen LogP contribution in [0.15, 0.2) is 24.3 Å². The molecule has 23 heavy (non-hydrogen) atoms. The highest BCUT2D eigenvalue weighted by Gasteiger charge is 2.27. The number of hydrogen-bond acceptors (Lipinski definition) is 3. The Labute approximate surface area is 133 Å². The van der Waals surface area contributed by atoms with Crippen LogP contribution in [0.5, 0.6) is 5.75 Å². The Morgan fingerprint density at radius 3 is 2.39 bits per heavy atom. The van der Waals surface area contributed by atoms with Crippen LogP contribution in [0.1, 0.15) is 12.0 Å². The first-order valence-electron chi connectivity index (χ1n) is 7.20. The lowest BCUT2D eigenvalue weighted by atomic mass is 10.1. The van der Waals surface area contributed by atoms with Crippen molar-refractivity contribution < 1.29 is 27.4 Å². The lowest BCUT2D eigenvalue weighted by molar-refractivity contribution is -0.173. The van der Waals surface area contributed by atoms with Gasteiger partial charge in [-0.25, -0.2) is 4.79 Å². The van der Waals surface area contributed by atoms with Crippen molar-refractivity contribution in [2.45, 2.75) is 19.0 Å². The van der Waals surface area contributed by atoms with Gasteiger partial charge in [-0.05, 0) is 30.5 Å². The van der Waals surface area contributed by atoms with E-state index in [1.807, 2.05) is 24.3 Å². The number of benzene rings is 1. The summed E-state index contributed by atoms with van der Waals surface area (Å²) in [6.07, 6.45) is -2.78. The standard InChI is InChI=1S/C15H21F3N2O3/c1-22-13-6-4-12(5-7-13)3-2-8-19-14(21)20-9-10-23-11-15(16,17)18/h4-7H,2-3,8-11H2,1H3,(H2,19,20,21). The van der Waals surface area contributed by atoms with Gasteiger partial charge in [0.15, 0.2) is 0 Å². The van der Waals surface area contributed by atoms with Crippen LogP contribution in [0.4, 0.5) is 18.0 Å². The van der Waals surface area contributed by atoms with Crippen LogP contribution in [0.2, 0.25) is 0 Å². The third-order valence-electron chi connectivity index (χ3n) is 2.88. The van der Waals surface area contributed by atoms with Gasteiger partial charge in [-0.1, -0.05) is 12.1 Å². The molecule has 0 unspecified atom stereocenters. The fraction of sp³-hybridized carbons (Fsp3) is 0.533. The maximum absolute atomic E-state index is 11.8. The number of alkyl halides is 3. The number of carbonyl (C=O) groups is 1. The predicted octanol–water partition coefficient (Wildman–Crippen LogP) is 2.51. The average molecular weight is 334 g/mol. The fourth-order valence-electron chi connectivity index (χ4n) is 1.77. The monoisotopic (exact) mass is 334 g/mol. The molecule has 0 aliphatic carbocycles. The van der Waals surface area contributed by atoms with Crippen LogP contribution in [0, 0.1) is 0 Å². The average Bonchev–Trinajstić information content (AvgIpc) is 2.50. The van der Waals surface area contributed by atoms with Gasteiger partial charge in [-0.3, -0.25) is 0 Å². The molecule has 0 aliphatic heterocycles. The van der Waals surface area contributed by atoms with Crippen molar-refractivity contribution in [3.05, 3.63) is 29.8 Å². The van der Waals surface area contributed by atoms with Crippen molar-refractivity contribution in [3.8, 4) is 5.75 Å². The fourth-order valence-corrected chi connectivity index (χ4v) is 1.77. The highest BCUT2D eigenvalue weighted by Crippen LogP contribution is 2.14. The molecule has 0 saturated carbocycles. The Morgan fingerprint density at radius 2 is 1.78 bits per heavy atom. The zero-order chi connectivity index (χ0) is 17.1.